The lowest BCUT2D eigenvalue weighted by atomic mass is 10.1. The summed E-state index contributed by atoms with van der Waals surface area (Å²) < 4.78 is 10.7. The fraction of sp³-hybridized carbons (Fsp3) is 0.0870. The van der Waals surface area contributed by atoms with Crippen molar-refractivity contribution in [2.24, 2.45) is 5.10 Å². The van der Waals surface area contributed by atoms with Crippen LogP contribution in [0.25, 0.3) is 0 Å². The smallest absolute Gasteiger partial charge is 0.343 e. The molecule has 0 aliphatic heterocycles. The molecule has 8 heteroatoms. The summed E-state index contributed by atoms with van der Waals surface area (Å²) in [6.45, 7) is 1.57. The Labute approximate surface area is 189 Å². The Morgan fingerprint density at radius 2 is 1.74 bits per heavy atom. The predicted molar refractivity (Wildman–Crippen MR) is 120 cm³/mol. The number of carbonyl (C=O) groups excluding carboxylic acids is 2. The summed E-state index contributed by atoms with van der Waals surface area (Å²) in [5.74, 6) is -0.173. The minimum atomic E-state index is -0.462. The van der Waals surface area contributed by atoms with E-state index in [0.717, 1.165) is 5.56 Å². The number of ether oxygens (including phenoxy) is 2. The summed E-state index contributed by atoms with van der Waals surface area (Å²) in [4.78, 5) is 24.1. The van der Waals surface area contributed by atoms with Crippen LogP contribution in [0.5, 0.6) is 11.5 Å². The van der Waals surface area contributed by atoms with Gasteiger partial charge in [0.15, 0.2) is 6.61 Å². The average Bonchev–Trinajstić information content (AvgIpc) is 2.76. The number of hydrazone groups is 1. The first-order valence-corrected chi connectivity index (χ1v) is 9.96. The first kappa shape index (κ1) is 22.3. The normalized spacial score (nSPS) is 10.7. The first-order valence-electron chi connectivity index (χ1n) is 9.20. The van der Waals surface area contributed by atoms with Crippen molar-refractivity contribution in [1.29, 1.82) is 0 Å². The molecular formula is C23H18Cl2N2O4. The highest BCUT2D eigenvalue weighted by molar-refractivity contribution is 6.42. The van der Waals surface area contributed by atoms with Gasteiger partial charge in [-0.1, -0.05) is 47.5 Å². The van der Waals surface area contributed by atoms with Gasteiger partial charge in [-0.25, -0.2) is 10.2 Å². The molecule has 6 nitrogen and oxygen atoms in total. The van der Waals surface area contributed by atoms with Gasteiger partial charge in [-0.05, 0) is 60.5 Å². The lowest BCUT2D eigenvalue weighted by Crippen LogP contribution is -2.24. The zero-order valence-electron chi connectivity index (χ0n) is 16.5. The molecule has 0 saturated heterocycles. The fourth-order valence-electron chi connectivity index (χ4n) is 2.54. The summed E-state index contributed by atoms with van der Waals surface area (Å²) >= 11 is 11.9. The van der Waals surface area contributed by atoms with Crippen molar-refractivity contribution in [3.8, 4) is 11.5 Å². The van der Waals surface area contributed by atoms with Crippen molar-refractivity contribution in [3.63, 3.8) is 0 Å². The second-order valence-corrected chi connectivity index (χ2v) is 7.19. The number of nitrogens with zero attached hydrogens (tertiary/aromatic N) is 1. The Morgan fingerprint density at radius 1 is 1.00 bits per heavy atom. The molecule has 3 aromatic carbocycles. The molecule has 0 saturated carbocycles. The van der Waals surface area contributed by atoms with Gasteiger partial charge in [0.25, 0.3) is 5.91 Å². The molecule has 0 unspecified atom stereocenters. The lowest BCUT2D eigenvalue weighted by Gasteiger charge is -2.07. The van der Waals surface area contributed by atoms with Crippen molar-refractivity contribution in [1.82, 2.24) is 5.43 Å². The van der Waals surface area contributed by atoms with Gasteiger partial charge in [0.05, 0.1) is 16.8 Å². The predicted octanol–water partition coefficient (Wildman–Crippen LogP) is 5.05. The van der Waals surface area contributed by atoms with Gasteiger partial charge in [0, 0.05) is 0 Å². The number of carbonyl (C=O) groups is 2. The molecule has 0 aliphatic rings. The summed E-state index contributed by atoms with van der Waals surface area (Å²) in [6.07, 6.45) is 1.46. The monoisotopic (exact) mass is 456 g/mol. The van der Waals surface area contributed by atoms with E-state index in [1.807, 2.05) is 19.1 Å². The van der Waals surface area contributed by atoms with E-state index >= 15 is 0 Å². The van der Waals surface area contributed by atoms with Gasteiger partial charge in [-0.3, -0.25) is 4.79 Å². The van der Waals surface area contributed by atoms with Gasteiger partial charge in [-0.2, -0.15) is 5.10 Å². The van der Waals surface area contributed by atoms with Crippen LogP contribution in [0.4, 0.5) is 0 Å². The fourth-order valence-corrected chi connectivity index (χ4v) is 2.88. The van der Waals surface area contributed by atoms with E-state index in [9.17, 15) is 9.59 Å². The zero-order chi connectivity index (χ0) is 22.2. The van der Waals surface area contributed by atoms with Crippen LogP contribution in [-0.4, -0.2) is 24.7 Å². The Hall–Kier alpha value is -3.35. The van der Waals surface area contributed by atoms with Gasteiger partial charge >= 0.3 is 5.97 Å². The molecule has 0 heterocycles. The van der Waals surface area contributed by atoms with E-state index < -0.39 is 11.9 Å². The summed E-state index contributed by atoms with van der Waals surface area (Å²) in [7, 11) is 0. The molecule has 0 aromatic heterocycles. The topological polar surface area (TPSA) is 77.0 Å². The number of rotatable bonds is 7. The van der Waals surface area contributed by atoms with Crippen LogP contribution in [0.3, 0.4) is 0 Å². The van der Waals surface area contributed by atoms with E-state index in [1.165, 1.54) is 6.21 Å². The third-order valence-corrected chi connectivity index (χ3v) is 4.93. The second kappa shape index (κ2) is 10.6. The van der Waals surface area contributed by atoms with Crippen LogP contribution >= 0.6 is 23.2 Å². The number of benzene rings is 3. The Bertz CT molecular complexity index is 1110. The largest absolute Gasteiger partial charge is 0.482 e. The minimum absolute atomic E-state index is 0.240. The van der Waals surface area contributed by atoms with E-state index in [1.54, 1.807) is 54.6 Å². The SMILES string of the molecule is Cc1ccccc1C(=O)Oc1ccc(C=NNC(=O)COc2cccc(Cl)c2Cl)cc1. The summed E-state index contributed by atoms with van der Waals surface area (Å²) in [5.41, 5.74) is 4.41. The number of nitrogens with one attached hydrogen (secondary N) is 1. The van der Waals surface area contributed by atoms with Gasteiger partial charge in [0.2, 0.25) is 0 Å². The van der Waals surface area contributed by atoms with Crippen molar-refractivity contribution in [2.75, 3.05) is 6.61 Å². The molecule has 3 aromatic rings. The maximum absolute atomic E-state index is 12.2. The molecule has 1 N–H and O–H groups in total. The first-order chi connectivity index (χ1) is 14.9. The summed E-state index contributed by atoms with van der Waals surface area (Å²) in [6, 6.07) is 18.8. The highest BCUT2D eigenvalue weighted by Crippen LogP contribution is 2.31. The van der Waals surface area contributed by atoms with Crippen LogP contribution < -0.4 is 14.9 Å². The number of aryl methyl sites for hydroxylation is 1. The quantitative estimate of drug-likeness (QED) is 0.233. The maximum atomic E-state index is 12.2. The lowest BCUT2D eigenvalue weighted by molar-refractivity contribution is -0.123. The van der Waals surface area contributed by atoms with E-state index in [-0.39, 0.29) is 11.6 Å². The molecule has 0 radical (unpaired) electrons. The zero-order valence-corrected chi connectivity index (χ0v) is 18.0. The number of amides is 1. The maximum Gasteiger partial charge on any atom is 0.343 e. The van der Waals surface area contributed by atoms with E-state index in [2.05, 4.69) is 10.5 Å². The number of hydrogen-bond donors (Lipinski definition) is 1. The molecule has 0 atom stereocenters. The number of hydrogen-bond acceptors (Lipinski definition) is 5. The van der Waals surface area contributed by atoms with Crippen LogP contribution in [-0.2, 0) is 4.79 Å². The Morgan fingerprint density at radius 3 is 2.48 bits per heavy atom. The van der Waals surface area contributed by atoms with Crippen molar-refractivity contribution < 1.29 is 19.1 Å². The third kappa shape index (κ3) is 6.31. The van der Waals surface area contributed by atoms with Crippen LogP contribution in [0.15, 0.2) is 71.8 Å². The molecular weight excluding hydrogens is 439 g/mol. The van der Waals surface area contributed by atoms with Crippen LogP contribution in [0.1, 0.15) is 21.5 Å². The van der Waals surface area contributed by atoms with Crippen molar-refractivity contribution >= 4 is 41.3 Å². The van der Waals surface area contributed by atoms with Gasteiger partial charge in [0.1, 0.15) is 16.5 Å². The van der Waals surface area contributed by atoms with Crippen LogP contribution in [0.2, 0.25) is 10.0 Å². The third-order valence-electron chi connectivity index (χ3n) is 4.13. The van der Waals surface area contributed by atoms with Crippen LogP contribution in [0, 0.1) is 6.92 Å². The molecule has 0 fully saturated rings. The molecule has 158 valence electrons. The van der Waals surface area contributed by atoms with Crippen molar-refractivity contribution in [2.45, 2.75) is 6.92 Å². The Balaban J connectivity index is 1.49. The van der Waals surface area contributed by atoms with E-state index in [4.69, 9.17) is 32.7 Å². The molecule has 0 aliphatic carbocycles. The molecule has 31 heavy (non-hydrogen) atoms. The number of halogens is 2. The average molecular weight is 457 g/mol. The highest BCUT2D eigenvalue weighted by atomic mass is 35.5. The standard InChI is InChI=1S/C23H18Cl2N2O4/c1-15-5-2-3-6-18(15)23(29)31-17-11-9-16(10-12-17)13-26-27-21(28)14-30-20-8-4-7-19(24)22(20)25/h2-13H,14H2,1H3,(H,27,28). The highest BCUT2D eigenvalue weighted by Gasteiger charge is 2.11. The second-order valence-electron chi connectivity index (χ2n) is 6.41. The van der Waals surface area contributed by atoms with Gasteiger partial charge < -0.3 is 9.47 Å². The molecule has 3 rings (SSSR count). The van der Waals surface area contributed by atoms with E-state index in [0.29, 0.717) is 27.6 Å². The molecule has 0 bridgehead atoms. The minimum Gasteiger partial charge on any atom is -0.482 e. The molecule has 1 amide bonds. The summed E-state index contributed by atoms with van der Waals surface area (Å²) in [5, 5.41) is 4.45. The van der Waals surface area contributed by atoms with Crippen molar-refractivity contribution in [3.05, 3.63) is 93.5 Å². The Kier molecular flexibility index (Phi) is 7.65. The number of esters is 1. The van der Waals surface area contributed by atoms with Gasteiger partial charge in [-0.15, -0.1) is 0 Å². The molecule has 0 spiro atoms.